The maximum absolute atomic E-state index is 12.6. The third kappa shape index (κ3) is 12.9. The highest BCUT2D eigenvalue weighted by atomic mass is 16.8. The Labute approximate surface area is 362 Å². The quantitative estimate of drug-likeness (QED) is 0.0282. The number of benzene rings is 4. The molecule has 0 aromatic heterocycles. The molecule has 0 saturated carbocycles. The Kier molecular flexibility index (Phi) is 17.9. The average molecular weight is 854 g/mol. The van der Waals surface area contributed by atoms with E-state index in [2.05, 4.69) is 16.6 Å². The van der Waals surface area contributed by atoms with E-state index < -0.39 is 80.0 Å². The van der Waals surface area contributed by atoms with E-state index in [4.69, 9.17) is 47.4 Å². The van der Waals surface area contributed by atoms with Crippen LogP contribution in [0.2, 0.25) is 0 Å². The molecule has 2 aliphatic heterocycles. The molecule has 0 aliphatic carbocycles. The van der Waals surface area contributed by atoms with Crippen molar-refractivity contribution in [3.8, 4) is 5.75 Å². The number of methoxy groups -OCH3 is 1. The number of ether oxygens (including phenoxy) is 10. The highest BCUT2D eigenvalue weighted by molar-refractivity contribution is 5.66. The van der Waals surface area contributed by atoms with Crippen LogP contribution in [-0.4, -0.2) is 98.9 Å². The monoisotopic (exact) mass is 853 g/mol. The van der Waals surface area contributed by atoms with Gasteiger partial charge in [0.25, 0.3) is 0 Å². The van der Waals surface area contributed by atoms with E-state index in [0.29, 0.717) is 5.75 Å². The third-order valence-corrected chi connectivity index (χ3v) is 10.4. The second-order valence-corrected chi connectivity index (χ2v) is 14.9. The Hall–Kier alpha value is -5.16. The molecule has 15 heteroatoms. The van der Waals surface area contributed by atoms with Crippen LogP contribution in [-0.2, 0) is 73.9 Å². The number of nitrogens with zero attached hydrogens (tertiary/aromatic N) is 3. The summed E-state index contributed by atoms with van der Waals surface area (Å²) in [5.74, 6) is 0.0628. The van der Waals surface area contributed by atoms with Crippen LogP contribution >= 0.6 is 0 Å². The summed E-state index contributed by atoms with van der Waals surface area (Å²) in [4.78, 5) is 15.8. The number of carbonyl (C=O) groups is 1. The number of rotatable bonds is 22. The van der Waals surface area contributed by atoms with E-state index >= 15 is 0 Å². The van der Waals surface area contributed by atoms with Crippen molar-refractivity contribution in [2.45, 2.75) is 108 Å². The first-order valence-electron chi connectivity index (χ1n) is 20.5. The van der Waals surface area contributed by atoms with Crippen LogP contribution in [0.15, 0.2) is 133 Å². The molecule has 0 radical (unpaired) electrons. The molecule has 2 fully saturated rings. The van der Waals surface area contributed by atoms with Crippen molar-refractivity contribution < 1.29 is 57.3 Å². The van der Waals surface area contributed by atoms with Crippen LogP contribution in [0.1, 0.15) is 36.1 Å². The number of aliphatic hydroxyl groups is 1. The Balaban J connectivity index is 1.41. The zero-order valence-corrected chi connectivity index (χ0v) is 35.1. The zero-order chi connectivity index (χ0) is 43.7. The first-order valence-corrected chi connectivity index (χ1v) is 20.5. The highest BCUT2D eigenvalue weighted by Crippen LogP contribution is 2.36. The molecule has 11 atom stereocenters. The molecule has 2 saturated heterocycles. The zero-order valence-electron chi connectivity index (χ0n) is 35.1. The van der Waals surface area contributed by atoms with Crippen LogP contribution in [0.3, 0.4) is 0 Å². The molecule has 0 amide bonds. The van der Waals surface area contributed by atoms with Gasteiger partial charge in [-0.15, -0.1) is 6.58 Å². The topological polar surface area (TPSA) is 178 Å². The number of esters is 1. The molecule has 4 aromatic rings. The summed E-state index contributed by atoms with van der Waals surface area (Å²) < 4.78 is 63.9. The van der Waals surface area contributed by atoms with Gasteiger partial charge in [-0.1, -0.05) is 114 Å². The van der Waals surface area contributed by atoms with Gasteiger partial charge in [0.2, 0.25) is 0 Å². The number of hydrogen-bond donors (Lipinski definition) is 1. The smallest absolute Gasteiger partial charge is 0.303 e. The van der Waals surface area contributed by atoms with Crippen LogP contribution < -0.4 is 4.74 Å². The maximum atomic E-state index is 12.6. The van der Waals surface area contributed by atoms with Gasteiger partial charge in [-0.05, 0) is 46.8 Å². The normalized spacial score (nSPS) is 26.5. The van der Waals surface area contributed by atoms with E-state index in [-0.39, 0.29) is 33.0 Å². The Morgan fingerprint density at radius 2 is 1.27 bits per heavy atom. The van der Waals surface area contributed by atoms with E-state index in [1.807, 2.05) is 115 Å². The van der Waals surface area contributed by atoms with Crippen LogP contribution in [0, 0.1) is 0 Å². The molecular formula is C47H55N3O12. The molecule has 330 valence electrons. The molecule has 15 nitrogen and oxygen atoms in total. The van der Waals surface area contributed by atoms with Gasteiger partial charge in [-0.3, -0.25) is 4.79 Å². The SMILES string of the molecule is C=CC(C)O[C@@H]1O[C@H](COCc2ccccc2)[C@@H](OC2O[C@H](CO)[C@H](OC(C)=O)[C@H](OCc3ccccc3)[C@H]2OCc2ccccc2)[C@H](OCc2ccc(OC)cc2)[C@H]1N=[N+]=[N-]. The lowest BCUT2D eigenvalue weighted by molar-refractivity contribution is -0.361. The van der Waals surface area contributed by atoms with Crippen molar-refractivity contribution >= 4 is 5.97 Å². The van der Waals surface area contributed by atoms with Crippen molar-refractivity contribution in [2.75, 3.05) is 20.3 Å². The molecule has 62 heavy (non-hydrogen) atoms. The van der Waals surface area contributed by atoms with Crippen molar-refractivity contribution in [1.82, 2.24) is 0 Å². The van der Waals surface area contributed by atoms with Gasteiger partial charge in [-0.25, -0.2) is 0 Å². The Bertz CT molecular complexity index is 1990. The predicted molar refractivity (Wildman–Crippen MR) is 226 cm³/mol. The Morgan fingerprint density at radius 3 is 1.81 bits per heavy atom. The van der Waals surface area contributed by atoms with Crippen molar-refractivity contribution in [1.29, 1.82) is 0 Å². The van der Waals surface area contributed by atoms with Gasteiger partial charge in [0, 0.05) is 11.8 Å². The van der Waals surface area contributed by atoms with Gasteiger partial charge in [0.05, 0.1) is 52.9 Å². The van der Waals surface area contributed by atoms with E-state index in [1.54, 1.807) is 20.1 Å². The van der Waals surface area contributed by atoms with Gasteiger partial charge in [0.15, 0.2) is 18.7 Å². The lowest BCUT2D eigenvalue weighted by Crippen LogP contribution is -2.66. The second-order valence-electron chi connectivity index (χ2n) is 14.9. The van der Waals surface area contributed by atoms with Gasteiger partial charge < -0.3 is 52.5 Å². The van der Waals surface area contributed by atoms with E-state index in [0.717, 1.165) is 22.3 Å². The number of aliphatic hydroxyl groups excluding tert-OH is 1. The summed E-state index contributed by atoms with van der Waals surface area (Å²) in [6.07, 6.45) is -8.72. The molecule has 6 rings (SSSR count). The van der Waals surface area contributed by atoms with Crippen molar-refractivity contribution in [2.24, 2.45) is 5.11 Å². The highest BCUT2D eigenvalue weighted by Gasteiger charge is 2.54. The van der Waals surface area contributed by atoms with E-state index in [1.165, 1.54) is 6.92 Å². The first-order chi connectivity index (χ1) is 30.3. The standard InChI is InChI=1S/C47H55N3O12/c1-5-31(2)58-46-40(49-50-48)43(55-29-36-21-23-37(53-4)24-22-36)42(39(61-46)30-54-26-33-15-9-6-10-16-33)62-47-45(57-28-35-19-13-8-14-20-35)44(56-27-34-17-11-7-12-18-34)41(59-32(3)52)38(25-51)60-47/h5-24,31,38-47,51H,1,25-30H2,2-4H3/t31?,38-,39-,40-,41+,42-,43-,44+,45-,46-,47?/m1/s1. The molecule has 0 spiro atoms. The molecule has 2 unspecified atom stereocenters. The average Bonchev–Trinajstić information content (AvgIpc) is 3.30. The van der Waals surface area contributed by atoms with Gasteiger partial charge in [-0.2, -0.15) is 0 Å². The minimum Gasteiger partial charge on any atom is -0.497 e. The molecular weight excluding hydrogens is 799 g/mol. The molecule has 2 heterocycles. The second kappa shape index (κ2) is 23.9. The summed E-state index contributed by atoms with van der Waals surface area (Å²) in [7, 11) is 1.58. The van der Waals surface area contributed by atoms with Gasteiger partial charge >= 0.3 is 5.97 Å². The summed E-state index contributed by atoms with van der Waals surface area (Å²) in [6.45, 7) is 6.84. The minimum atomic E-state index is -1.31. The third-order valence-electron chi connectivity index (χ3n) is 10.4. The molecule has 2 aliphatic rings. The van der Waals surface area contributed by atoms with E-state index in [9.17, 15) is 15.4 Å². The fourth-order valence-corrected chi connectivity index (χ4v) is 7.25. The predicted octanol–water partition coefficient (Wildman–Crippen LogP) is 7.00. The summed E-state index contributed by atoms with van der Waals surface area (Å²) in [6, 6.07) is 34.9. The minimum absolute atomic E-state index is 0.0248. The number of carbonyl (C=O) groups excluding carboxylic acids is 1. The summed E-state index contributed by atoms with van der Waals surface area (Å²) >= 11 is 0. The molecule has 0 bridgehead atoms. The maximum Gasteiger partial charge on any atom is 0.303 e. The van der Waals surface area contributed by atoms with Crippen LogP contribution in [0.5, 0.6) is 5.75 Å². The number of hydrogen-bond acceptors (Lipinski definition) is 13. The number of azide groups is 1. The first kappa shape index (κ1) is 46.3. The van der Waals surface area contributed by atoms with Crippen LogP contribution in [0.25, 0.3) is 10.4 Å². The lowest BCUT2D eigenvalue weighted by Gasteiger charge is -2.49. The van der Waals surface area contributed by atoms with Crippen LogP contribution in [0.4, 0.5) is 0 Å². The fourth-order valence-electron chi connectivity index (χ4n) is 7.25. The van der Waals surface area contributed by atoms with Gasteiger partial charge in [0.1, 0.15) is 48.4 Å². The summed E-state index contributed by atoms with van der Waals surface area (Å²) in [5.41, 5.74) is 13.4. The van der Waals surface area contributed by atoms with Crippen molar-refractivity contribution in [3.63, 3.8) is 0 Å². The molecule has 4 aromatic carbocycles. The Morgan fingerprint density at radius 1 is 0.742 bits per heavy atom. The van der Waals surface area contributed by atoms with Crippen molar-refractivity contribution in [3.05, 3.63) is 161 Å². The summed E-state index contributed by atoms with van der Waals surface area (Å²) in [5, 5.41) is 15.0. The largest absolute Gasteiger partial charge is 0.497 e. The lowest BCUT2D eigenvalue weighted by atomic mass is 9.95. The fraction of sp³-hybridized carbons (Fsp3) is 0.426. The molecule has 1 N–H and O–H groups in total.